The molecule has 90 valence electrons. The van der Waals surface area contributed by atoms with Crippen LogP contribution in [0.3, 0.4) is 0 Å². The molecule has 1 atom stereocenters. The second-order valence-electron chi connectivity index (χ2n) is 3.74. The number of halogens is 3. The van der Waals surface area contributed by atoms with E-state index in [1.54, 1.807) is 0 Å². The van der Waals surface area contributed by atoms with Gasteiger partial charge in [0.15, 0.2) is 0 Å². The lowest BCUT2D eigenvalue weighted by molar-refractivity contribution is 1.11. The molecule has 1 heterocycles. The molecule has 0 aliphatic heterocycles. The van der Waals surface area contributed by atoms with Crippen molar-refractivity contribution in [2.75, 3.05) is 0 Å². The minimum atomic E-state index is -0.239. The van der Waals surface area contributed by atoms with E-state index >= 15 is 0 Å². The van der Waals surface area contributed by atoms with E-state index in [1.807, 2.05) is 18.2 Å². The Labute approximate surface area is 120 Å². The molecule has 1 aromatic heterocycles. The fourth-order valence-corrected chi connectivity index (χ4v) is 3.60. The first-order chi connectivity index (χ1) is 8.11. The average Bonchev–Trinajstić information content (AvgIpc) is 2.68. The Hall–Kier alpha value is -0.210. The Balaban J connectivity index is 2.30. The number of thiophene rings is 1. The second-order valence-corrected chi connectivity index (χ2v) is 6.46. The Morgan fingerprint density at radius 1 is 1.18 bits per heavy atom. The zero-order chi connectivity index (χ0) is 12.4. The van der Waals surface area contributed by atoms with Gasteiger partial charge in [-0.3, -0.25) is 0 Å². The molecule has 0 bridgehead atoms. The summed E-state index contributed by atoms with van der Waals surface area (Å²) in [6.45, 7) is 2.13. The van der Waals surface area contributed by atoms with E-state index in [0.717, 1.165) is 17.5 Å². The zero-order valence-corrected chi connectivity index (χ0v) is 12.3. The van der Waals surface area contributed by atoms with E-state index in [9.17, 15) is 0 Å². The molecule has 2 aromatic rings. The fourth-order valence-electron chi connectivity index (χ4n) is 1.63. The smallest absolute Gasteiger partial charge is 0.0994 e. The molecule has 0 aliphatic rings. The van der Waals surface area contributed by atoms with Crippen molar-refractivity contribution in [1.82, 2.24) is 0 Å². The van der Waals surface area contributed by atoms with Gasteiger partial charge in [-0.25, -0.2) is 0 Å². The maximum absolute atomic E-state index is 6.41. The highest BCUT2D eigenvalue weighted by molar-refractivity contribution is 7.20. The molecule has 4 heteroatoms. The van der Waals surface area contributed by atoms with Gasteiger partial charge in [-0.05, 0) is 23.6 Å². The highest BCUT2D eigenvalue weighted by Crippen LogP contribution is 2.40. The van der Waals surface area contributed by atoms with Crippen LogP contribution in [0.25, 0.3) is 0 Å². The van der Waals surface area contributed by atoms with Gasteiger partial charge < -0.3 is 0 Å². The Morgan fingerprint density at radius 2 is 1.82 bits per heavy atom. The molecule has 0 N–H and O–H groups in total. The van der Waals surface area contributed by atoms with Crippen molar-refractivity contribution in [2.24, 2.45) is 0 Å². The van der Waals surface area contributed by atoms with Gasteiger partial charge in [0, 0.05) is 5.56 Å². The van der Waals surface area contributed by atoms with Gasteiger partial charge in [0.25, 0.3) is 0 Å². The van der Waals surface area contributed by atoms with Crippen molar-refractivity contribution in [3.8, 4) is 0 Å². The highest BCUT2D eigenvalue weighted by Gasteiger charge is 2.16. The van der Waals surface area contributed by atoms with Gasteiger partial charge in [0.1, 0.15) is 0 Å². The van der Waals surface area contributed by atoms with Gasteiger partial charge in [0.2, 0.25) is 0 Å². The van der Waals surface area contributed by atoms with Crippen molar-refractivity contribution in [2.45, 2.75) is 18.7 Å². The number of hydrogen-bond donors (Lipinski definition) is 0. The van der Waals surface area contributed by atoms with Gasteiger partial charge >= 0.3 is 0 Å². The van der Waals surface area contributed by atoms with E-state index in [2.05, 4.69) is 19.1 Å². The summed E-state index contributed by atoms with van der Waals surface area (Å²) in [5, 5.41) is -0.239. The molecule has 2 rings (SSSR count). The first-order valence-electron chi connectivity index (χ1n) is 5.29. The molecule has 0 nitrogen and oxygen atoms in total. The third-order valence-corrected chi connectivity index (χ3v) is 4.64. The van der Waals surface area contributed by atoms with Crippen molar-refractivity contribution >= 4 is 46.1 Å². The van der Waals surface area contributed by atoms with Crippen molar-refractivity contribution < 1.29 is 0 Å². The standard InChI is InChI=1S/C13H11Cl3S/c1-2-8-3-5-9(6-4-8)12(15)10-7-11(14)17-13(10)16/h3-7,12H,2H2,1H3. The first-order valence-corrected chi connectivity index (χ1v) is 7.30. The van der Waals surface area contributed by atoms with E-state index in [1.165, 1.54) is 16.9 Å². The summed E-state index contributed by atoms with van der Waals surface area (Å²) in [6, 6.07) is 10.1. The van der Waals surface area contributed by atoms with Crippen molar-refractivity contribution in [3.05, 3.63) is 55.7 Å². The molecule has 0 fully saturated rings. The lowest BCUT2D eigenvalue weighted by atomic mass is 10.0. The van der Waals surface area contributed by atoms with Gasteiger partial charge in [0.05, 0.1) is 14.0 Å². The maximum Gasteiger partial charge on any atom is 0.0994 e. The molecule has 0 saturated heterocycles. The second kappa shape index (κ2) is 5.62. The first kappa shape index (κ1) is 13.2. The number of aryl methyl sites for hydroxylation is 1. The van der Waals surface area contributed by atoms with E-state index in [-0.39, 0.29) is 5.38 Å². The topological polar surface area (TPSA) is 0 Å². The predicted octanol–water partition coefficient (Wildman–Crippen LogP) is 5.95. The van der Waals surface area contributed by atoms with Crippen LogP contribution in [0.4, 0.5) is 0 Å². The van der Waals surface area contributed by atoms with Gasteiger partial charge in [-0.15, -0.1) is 22.9 Å². The Kier molecular flexibility index (Phi) is 4.37. The van der Waals surface area contributed by atoms with Crippen LogP contribution in [0.5, 0.6) is 0 Å². The minimum absolute atomic E-state index is 0.239. The molecule has 1 unspecified atom stereocenters. The molecule has 0 amide bonds. The molecular weight excluding hydrogens is 295 g/mol. The normalized spacial score (nSPS) is 12.7. The molecule has 1 aromatic carbocycles. The van der Waals surface area contributed by atoms with Gasteiger partial charge in [-0.1, -0.05) is 54.4 Å². The lowest BCUT2D eigenvalue weighted by Gasteiger charge is -2.09. The molecule has 17 heavy (non-hydrogen) atoms. The number of rotatable bonds is 3. The molecule has 0 spiro atoms. The minimum Gasteiger partial charge on any atom is -0.113 e. The summed E-state index contributed by atoms with van der Waals surface area (Å²) in [7, 11) is 0. The largest absolute Gasteiger partial charge is 0.113 e. The molecule has 0 aliphatic carbocycles. The van der Waals surface area contributed by atoms with Crippen LogP contribution in [0, 0.1) is 0 Å². The van der Waals surface area contributed by atoms with Crippen molar-refractivity contribution in [3.63, 3.8) is 0 Å². The Morgan fingerprint density at radius 3 is 2.29 bits per heavy atom. The molecular formula is C13H11Cl3S. The summed E-state index contributed by atoms with van der Waals surface area (Å²) < 4.78 is 1.33. The summed E-state index contributed by atoms with van der Waals surface area (Å²) in [6.07, 6.45) is 1.03. The highest BCUT2D eigenvalue weighted by atomic mass is 35.5. The van der Waals surface area contributed by atoms with Crippen LogP contribution in [-0.2, 0) is 6.42 Å². The number of alkyl halides is 1. The summed E-state index contributed by atoms with van der Waals surface area (Å²) in [5.74, 6) is 0. The maximum atomic E-state index is 6.41. The third-order valence-electron chi connectivity index (χ3n) is 2.64. The number of hydrogen-bond acceptors (Lipinski definition) is 1. The van der Waals surface area contributed by atoms with Gasteiger partial charge in [-0.2, -0.15) is 0 Å². The zero-order valence-electron chi connectivity index (χ0n) is 9.21. The molecule has 0 radical (unpaired) electrons. The molecule has 0 saturated carbocycles. The van der Waals surface area contributed by atoms with Crippen molar-refractivity contribution in [1.29, 1.82) is 0 Å². The average molecular weight is 306 g/mol. The van der Waals surface area contributed by atoms with E-state index in [4.69, 9.17) is 34.8 Å². The quantitative estimate of drug-likeness (QED) is 0.615. The third kappa shape index (κ3) is 2.97. The Bertz CT molecular complexity index is 502. The fraction of sp³-hybridized carbons (Fsp3) is 0.231. The monoisotopic (exact) mass is 304 g/mol. The van der Waals surface area contributed by atoms with Crippen LogP contribution >= 0.6 is 46.1 Å². The van der Waals surface area contributed by atoms with Crippen LogP contribution in [-0.4, -0.2) is 0 Å². The lowest BCUT2D eigenvalue weighted by Crippen LogP contribution is -1.92. The van der Waals surface area contributed by atoms with Crippen LogP contribution < -0.4 is 0 Å². The number of benzene rings is 1. The predicted molar refractivity (Wildman–Crippen MR) is 77.9 cm³/mol. The van der Waals surface area contributed by atoms with E-state index < -0.39 is 0 Å². The van der Waals surface area contributed by atoms with Crippen LogP contribution in [0.2, 0.25) is 8.67 Å². The summed E-state index contributed by atoms with van der Waals surface area (Å²) in [5.41, 5.74) is 3.22. The summed E-state index contributed by atoms with van der Waals surface area (Å²) >= 11 is 19.8. The van der Waals surface area contributed by atoms with Crippen LogP contribution in [0.15, 0.2) is 30.3 Å². The van der Waals surface area contributed by atoms with E-state index in [0.29, 0.717) is 8.67 Å². The SMILES string of the molecule is CCc1ccc(C(Cl)c2cc(Cl)sc2Cl)cc1. The van der Waals surface area contributed by atoms with Crippen LogP contribution in [0.1, 0.15) is 29.0 Å². The summed E-state index contributed by atoms with van der Waals surface area (Å²) in [4.78, 5) is 0.